The number of hydrogen-bond donors (Lipinski definition) is 4. The minimum absolute atomic E-state index is 0. The van der Waals surface area contributed by atoms with Crippen molar-refractivity contribution in [3.8, 4) is 0 Å². The Bertz CT molecular complexity index is 1090. The molecular weight excluding hydrogens is 499 g/mol. The second-order valence-corrected chi connectivity index (χ2v) is 8.51. The standard InChI is InChI=1S/C18H20N6O7S2.Na/c1-2-20-18(29)31-5-3-4-8-6-32-15-11(14(26)24(15)12(8)16(27)28)22-13(25)10(23-30)9-7-33-17(19)21-9;/h3-4,7,11,15,30H,2,5-6H2,1H3,(H2,19,21)(H,20,29)(H,22,25)(H,27,28);/q;+1/p-1/b4-3-,23-10+;/t11-,15-;/m1./s1. The van der Waals surface area contributed by atoms with Gasteiger partial charge in [0.25, 0.3) is 5.91 Å². The zero-order valence-corrected chi connectivity index (χ0v) is 21.8. The van der Waals surface area contributed by atoms with Gasteiger partial charge in [0.15, 0.2) is 11.2 Å². The molecule has 3 heterocycles. The number of amides is 2. The SMILES string of the molecule is CCNC(=O)OC/C=C\C1=C(C(=O)O)N2C(=O)[C@@H](N=C([O-])/C(=N/O)c3csc(N)n3)[C@H]2SC1.[Na+]. The van der Waals surface area contributed by atoms with Crippen molar-refractivity contribution in [3.05, 3.63) is 34.5 Å². The fourth-order valence-electron chi connectivity index (χ4n) is 3.03. The van der Waals surface area contributed by atoms with Gasteiger partial charge < -0.3 is 31.2 Å². The third kappa shape index (κ3) is 5.90. The number of aromatic nitrogens is 1. The van der Waals surface area contributed by atoms with E-state index in [1.165, 1.54) is 29.3 Å². The van der Waals surface area contributed by atoms with Crippen LogP contribution in [-0.4, -0.2) is 80.1 Å². The van der Waals surface area contributed by atoms with Gasteiger partial charge in [-0.2, -0.15) is 0 Å². The molecule has 0 bridgehead atoms. The number of anilines is 1. The van der Waals surface area contributed by atoms with E-state index in [1.807, 2.05) is 0 Å². The monoisotopic (exact) mass is 518 g/mol. The summed E-state index contributed by atoms with van der Waals surface area (Å²) in [5.41, 5.74) is 5.17. The minimum Gasteiger partial charge on any atom is -0.857 e. The molecule has 2 amide bonds. The topological polar surface area (TPSA) is 203 Å². The van der Waals surface area contributed by atoms with E-state index in [0.29, 0.717) is 12.1 Å². The molecule has 2 atom stereocenters. The molecule has 0 saturated carbocycles. The fraction of sp³-hybridized carbons (Fsp3) is 0.333. The van der Waals surface area contributed by atoms with Crippen LogP contribution < -0.4 is 45.7 Å². The molecule has 1 saturated heterocycles. The number of aliphatic carboxylic acids is 1. The van der Waals surface area contributed by atoms with Crippen LogP contribution >= 0.6 is 23.1 Å². The molecule has 0 spiro atoms. The first-order chi connectivity index (χ1) is 15.8. The zero-order chi connectivity index (χ0) is 24.1. The number of fused-ring (bicyclic) bond motifs is 1. The summed E-state index contributed by atoms with van der Waals surface area (Å²) in [6, 6.07) is -1.14. The number of carbonyl (C=O) groups is 3. The van der Waals surface area contributed by atoms with E-state index in [1.54, 1.807) is 6.92 Å². The van der Waals surface area contributed by atoms with Gasteiger partial charge in [-0.25, -0.2) is 14.6 Å². The maximum absolute atomic E-state index is 12.7. The first-order valence-corrected chi connectivity index (χ1v) is 11.4. The molecule has 0 unspecified atom stereocenters. The molecule has 0 radical (unpaired) electrons. The van der Waals surface area contributed by atoms with Crippen LogP contribution in [0.25, 0.3) is 0 Å². The first-order valence-electron chi connectivity index (χ1n) is 9.45. The Labute approximate surface area is 223 Å². The zero-order valence-electron chi connectivity index (χ0n) is 18.1. The molecule has 0 aromatic carbocycles. The van der Waals surface area contributed by atoms with E-state index < -0.39 is 41.0 Å². The number of oxime groups is 1. The number of thioether (sulfide) groups is 1. The Morgan fingerprint density at radius 1 is 1.50 bits per heavy atom. The van der Waals surface area contributed by atoms with Crippen molar-refractivity contribution in [1.29, 1.82) is 0 Å². The van der Waals surface area contributed by atoms with Gasteiger partial charge in [-0.05, 0) is 18.6 Å². The van der Waals surface area contributed by atoms with Gasteiger partial charge >= 0.3 is 41.6 Å². The predicted octanol–water partition coefficient (Wildman–Crippen LogP) is -3.41. The number of alkyl carbamates (subject to hydrolysis) is 1. The summed E-state index contributed by atoms with van der Waals surface area (Å²) in [5, 5.41) is 37.5. The number of rotatable bonds is 8. The Balaban J connectivity index is 0.00000408. The van der Waals surface area contributed by atoms with E-state index in [2.05, 4.69) is 20.4 Å². The van der Waals surface area contributed by atoms with Crippen LogP contribution in [0.1, 0.15) is 12.6 Å². The number of nitrogens with two attached hydrogens (primary N) is 1. The maximum atomic E-state index is 12.7. The number of carboxylic acid groups (broad SMARTS) is 1. The van der Waals surface area contributed by atoms with Crippen LogP contribution in [0.5, 0.6) is 0 Å². The largest absolute Gasteiger partial charge is 1.00 e. The summed E-state index contributed by atoms with van der Waals surface area (Å²) in [5.74, 6) is -2.76. The van der Waals surface area contributed by atoms with E-state index in [9.17, 15) is 29.8 Å². The van der Waals surface area contributed by atoms with Gasteiger partial charge in [0.05, 0.1) is 0 Å². The molecule has 1 aromatic rings. The average Bonchev–Trinajstić information content (AvgIpc) is 3.20. The summed E-state index contributed by atoms with van der Waals surface area (Å²) in [6.07, 6.45) is 2.33. The minimum atomic E-state index is -1.32. The normalized spacial score (nSPS) is 20.5. The molecule has 13 nitrogen and oxygen atoms in total. The molecule has 3 rings (SSSR count). The Hall–Kier alpha value is -2.59. The van der Waals surface area contributed by atoms with Gasteiger partial charge in [-0.15, -0.1) is 23.1 Å². The van der Waals surface area contributed by atoms with Crippen LogP contribution in [0.2, 0.25) is 0 Å². The van der Waals surface area contributed by atoms with Crippen molar-refractivity contribution in [1.82, 2.24) is 15.2 Å². The number of nitrogen functional groups attached to an aromatic ring is 1. The molecule has 176 valence electrons. The van der Waals surface area contributed by atoms with Crippen molar-refractivity contribution in [2.24, 2.45) is 10.1 Å². The number of β-lactam (4-membered cyclic amide) rings is 1. The number of ether oxygens (including phenoxy) is 1. The van der Waals surface area contributed by atoms with Crippen LogP contribution in [0, 0.1) is 0 Å². The van der Waals surface area contributed by atoms with E-state index in [4.69, 9.17) is 10.5 Å². The van der Waals surface area contributed by atoms with Gasteiger partial charge in [-0.1, -0.05) is 11.2 Å². The van der Waals surface area contributed by atoms with Gasteiger partial charge in [-0.3, -0.25) is 14.7 Å². The van der Waals surface area contributed by atoms with Crippen LogP contribution in [0.15, 0.2) is 39.0 Å². The third-order valence-electron chi connectivity index (χ3n) is 4.45. The predicted molar refractivity (Wildman–Crippen MR) is 118 cm³/mol. The molecule has 1 fully saturated rings. The number of thiazole rings is 1. The number of carbonyl (C=O) groups excluding carboxylic acids is 2. The number of carboxylic acids is 1. The third-order valence-corrected chi connectivity index (χ3v) is 6.41. The van der Waals surface area contributed by atoms with Crippen LogP contribution in [0.3, 0.4) is 0 Å². The molecule has 34 heavy (non-hydrogen) atoms. The molecule has 5 N–H and O–H groups in total. The summed E-state index contributed by atoms with van der Waals surface area (Å²) < 4.78 is 4.89. The quantitative estimate of drug-likeness (QED) is 0.0670. The Kier molecular flexibility index (Phi) is 9.93. The van der Waals surface area contributed by atoms with Crippen molar-refractivity contribution in [3.63, 3.8) is 0 Å². The second-order valence-electron chi connectivity index (χ2n) is 6.52. The average molecular weight is 519 g/mol. The summed E-state index contributed by atoms with van der Waals surface area (Å²) >= 11 is 2.25. The summed E-state index contributed by atoms with van der Waals surface area (Å²) in [6.45, 7) is 2.06. The fourth-order valence-corrected chi connectivity index (χ4v) is 4.88. The maximum Gasteiger partial charge on any atom is 1.00 e. The first kappa shape index (κ1) is 27.7. The van der Waals surface area contributed by atoms with Gasteiger partial charge in [0.2, 0.25) is 0 Å². The Morgan fingerprint density at radius 3 is 2.82 bits per heavy atom. The van der Waals surface area contributed by atoms with E-state index in [-0.39, 0.29) is 58.4 Å². The summed E-state index contributed by atoms with van der Waals surface area (Å²) in [4.78, 5) is 44.5. The number of hydrogen-bond acceptors (Lipinski definition) is 12. The second kappa shape index (κ2) is 12.2. The number of nitrogens with zero attached hydrogens (tertiary/aromatic N) is 4. The molecule has 1 aromatic heterocycles. The molecule has 2 aliphatic rings. The van der Waals surface area contributed by atoms with Crippen LogP contribution in [0.4, 0.5) is 9.93 Å². The van der Waals surface area contributed by atoms with Crippen molar-refractivity contribution < 1.29 is 64.1 Å². The molecule has 16 heteroatoms. The van der Waals surface area contributed by atoms with Crippen molar-refractivity contribution in [2.75, 3.05) is 24.6 Å². The molecular formula is C18H19N6NaO7S2. The molecule has 2 aliphatic heterocycles. The summed E-state index contributed by atoms with van der Waals surface area (Å²) in [7, 11) is 0. The number of aliphatic imine (C=N–C) groups is 1. The Morgan fingerprint density at radius 2 is 2.24 bits per heavy atom. The van der Waals surface area contributed by atoms with Gasteiger partial charge in [0.1, 0.15) is 29.1 Å². The number of allylic oxidation sites excluding steroid dienone is 1. The van der Waals surface area contributed by atoms with Crippen molar-refractivity contribution >= 4 is 57.8 Å². The van der Waals surface area contributed by atoms with Gasteiger partial charge in [0, 0.05) is 23.6 Å². The van der Waals surface area contributed by atoms with E-state index >= 15 is 0 Å². The molecule has 0 aliphatic carbocycles. The smallest absolute Gasteiger partial charge is 0.857 e. The van der Waals surface area contributed by atoms with Crippen LogP contribution in [-0.2, 0) is 14.3 Å². The van der Waals surface area contributed by atoms with E-state index in [0.717, 1.165) is 16.2 Å². The van der Waals surface area contributed by atoms with Crippen molar-refractivity contribution in [2.45, 2.75) is 18.3 Å². The number of nitrogens with one attached hydrogen (secondary N) is 1.